The van der Waals surface area contributed by atoms with Crippen LogP contribution in [-0.4, -0.2) is 35.2 Å². The molecule has 0 aliphatic heterocycles. The maximum absolute atomic E-state index is 12.6. The van der Waals surface area contributed by atoms with E-state index in [0.717, 1.165) is 25.7 Å². The molecule has 1 unspecified atom stereocenters. The summed E-state index contributed by atoms with van der Waals surface area (Å²) >= 11 is 0. The number of aryl methyl sites for hydroxylation is 1. The fraction of sp³-hybridized carbons (Fsp3) is 0.588. The monoisotopic (exact) mass is 290 g/mol. The molecule has 4 heteroatoms. The number of rotatable bonds is 6. The van der Waals surface area contributed by atoms with Gasteiger partial charge in [0.15, 0.2) is 0 Å². The second kappa shape index (κ2) is 7.46. The highest BCUT2D eigenvalue weighted by Crippen LogP contribution is 2.35. The minimum absolute atomic E-state index is 0.00496. The number of aliphatic hydroxyl groups excluding tert-OH is 1. The molecular weight excluding hydrogens is 264 g/mol. The zero-order valence-corrected chi connectivity index (χ0v) is 13.0. The van der Waals surface area contributed by atoms with Crippen LogP contribution < -0.4 is 5.32 Å². The lowest BCUT2D eigenvalue weighted by Crippen LogP contribution is -2.46. The number of urea groups is 1. The van der Waals surface area contributed by atoms with Crippen LogP contribution in [-0.2, 0) is 6.42 Å². The molecule has 0 radical (unpaired) electrons. The molecule has 1 atom stereocenters. The van der Waals surface area contributed by atoms with Gasteiger partial charge in [-0.2, -0.15) is 0 Å². The summed E-state index contributed by atoms with van der Waals surface area (Å²) in [6.07, 6.45) is 3.80. The summed E-state index contributed by atoms with van der Waals surface area (Å²) in [6, 6.07) is 8.53. The molecule has 116 valence electrons. The molecule has 0 fully saturated rings. The number of carbonyl (C=O) groups excluding carboxylic acids is 1. The molecule has 0 heterocycles. The Balaban J connectivity index is 2.14. The molecule has 0 bridgehead atoms. The molecule has 0 spiro atoms. The number of carbonyl (C=O) groups is 1. The van der Waals surface area contributed by atoms with E-state index in [1.807, 2.05) is 12.1 Å². The van der Waals surface area contributed by atoms with Crippen LogP contribution in [0, 0.1) is 0 Å². The predicted octanol–water partition coefficient (Wildman–Crippen LogP) is 2.87. The summed E-state index contributed by atoms with van der Waals surface area (Å²) in [4.78, 5) is 14.4. The number of nitrogens with zero attached hydrogens (tertiary/aromatic N) is 1. The van der Waals surface area contributed by atoms with Crippen molar-refractivity contribution in [1.29, 1.82) is 0 Å². The highest BCUT2D eigenvalue weighted by Gasteiger charge is 2.30. The van der Waals surface area contributed by atoms with Crippen LogP contribution in [0.2, 0.25) is 0 Å². The first-order chi connectivity index (χ1) is 10.2. The van der Waals surface area contributed by atoms with E-state index in [9.17, 15) is 9.90 Å². The number of fused-ring (bicyclic) bond motifs is 1. The summed E-state index contributed by atoms with van der Waals surface area (Å²) in [5.74, 6) is 0. The molecule has 1 aromatic rings. The van der Waals surface area contributed by atoms with Crippen LogP contribution in [0.4, 0.5) is 4.79 Å². The van der Waals surface area contributed by atoms with E-state index in [1.165, 1.54) is 11.1 Å². The van der Waals surface area contributed by atoms with E-state index in [1.54, 1.807) is 4.90 Å². The third-order valence-electron chi connectivity index (χ3n) is 4.39. The van der Waals surface area contributed by atoms with Gasteiger partial charge in [0.2, 0.25) is 0 Å². The summed E-state index contributed by atoms with van der Waals surface area (Å²) in [5.41, 5.74) is 2.55. The largest absolute Gasteiger partial charge is 0.395 e. The third-order valence-corrected chi connectivity index (χ3v) is 4.39. The van der Waals surface area contributed by atoms with Crippen molar-refractivity contribution in [3.05, 3.63) is 35.4 Å². The van der Waals surface area contributed by atoms with Gasteiger partial charge in [0.25, 0.3) is 0 Å². The van der Waals surface area contributed by atoms with Crippen LogP contribution in [0.3, 0.4) is 0 Å². The van der Waals surface area contributed by atoms with Gasteiger partial charge in [0, 0.05) is 12.6 Å². The van der Waals surface area contributed by atoms with Gasteiger partial charge in [0.1, 0.15) is 0 Å². The zero-order valence-electron chi connectivity index (χ0n) is 13.0. The predicted molar refractivity (Wildman–Crippen MR) is 84.2 cm³/mol. The van der Waals surface area contributed by atoms with Gasteiger partial charge >= 0.3 is 6.03 Å². The van der Waals surface area contributed by atoms with Crippen molar-refractivity contribution in [2.24, 2.45) is 0 Å². The molecule has 0 saturated carbocycles. The average Bonchev–Trinajstić information content (AvgIpc) is 2.93. The van der Waals surface area contributed by atoms with E-state index in [0.29, 0.717) is 6.54 Å². The van der Waals surface area contributed by atoms with Gasteiger partial charge in [-0.1, -0.05) is 38.1 Å². The highest BCUT2D eigenvalue weighted by atomic mass is 16.3. The van der Waals surface area contributed by atoms with Gasteiger partial charge in [-0.3, -0.25) is 0 Å². The normalized spacial score (nSPS) is 16.9. The molecule has 0 saturated heterocycles. The second-order valence-corrected chi connectivity index (χ2v) is 5.63. The van der Waals surface area contributed by atoms with Crippen LogP contribution >= 0.6 is 0 Å². The van der Waals surface area contributed by atoms with Crippen LogP contribution in [0.25, 0.3) is 0 Å². The molecule has 4 nitrogen and oxygen atoms in total. The number of nitrogens with one attached hydrogen (secondary N) is 1. The van der Waals surface area contributed by atoms with Crippen molar-refractivity contribution >= 4 is 6.03 Å². The maximum atomic E-state index is 12.6. The van der Waals surface area contributed by atoms with E-state index < -0.39 is 0 Å². The Morgan fingerprint density at radius 3 is 2.76 bits per heavy atom. The van der Waals surface area contributed by atoms with Crippen molar-refractivity contribution in [3.8, 4) is 0 Å². The van der Waals surface area contributed by atoms with E-state index in [4.69, 9.17) is 0 Å². The second-order valence-electron chi connectivity index (χ2n) is 5.63. The molecule has 2 rings (SSSR count). The van der Waals surface area contributed by atoms with Crippen molar-refractivity contribution in [1.82, 2.24) is 10.2 Å². The molecular formula is C17H26N2O2. The van der Waals surface area contributed by atoms with E-state index in [-0.39, 0.29) is 24.7 Å². The molecule has 21 heavy (non-hydrogen) atoms. The van der Waals surface area contributed by atoms with Crippen molar-refractivity contribution in [2.75, 3.05) is 13.2 Å². The molecule has 2 amide bonds. The van der Waals surface area contributed by atoms with E-state index in [2.05, 4.69) is 31.3 Å². The Morgan fingerprint density at radius 1 is 1.38 bits per heavy atom. The number of amides is 2. The molecule has 1 aromatic carbocycles. The summed E-state index contributed by atoms with van der Waals surface area (Å²) in [6.45, 7) is 4.53. The first-order valence-corrected chi connectivity index (χ1v) is 7.97. The fourth-order valence-corrected chi connectivity index (χ4v) is 3.12. The number of aliphatic hydroxyl groups is 1. The smallest absolute Gasteiger partial charge is 0.318 e. The lowest BCUT2D eigenvalue weighted by Gasteiger charge is -2.31. The Hall–Kier alpha value is -1.55. The van der Waals surface area contributed by atoms with Crippen molar-refractivity contribution in [2.45, 2.75) is 51.6 Å². The molecule has 0 aromatic heterocycles. The zero-order chi connectivity index (χ0) is 15.2. The number of hydrogen-bond donors (Lipinski definition) is 2. The van der Waals surface area contributed by atoms with E-state index >= 15 is 0 Å². The minimum Gasteiger partial charge on any atom is -0.395 e. The van der Waals surface area contributed by atoms with Crippen LogP contribution in [0.15, 0.2) is 24.3 Å². The number of hydrogen-bond acceptors (Lipinski definition) is 2. The standard InChI is InChI=1S/C17H26N2O2/c1-3-14(4-2)18-17(21)19(11-12-20)16-10-9-13-7-5-6-8-15(13)16/h5-8,14,16,20H,3-4,9-12H2,1-2H3,(H,18,21). The van der Waals surface area contributed by atoms with Gasteiger partial charge < -0.3 is 15.3 Å². The highest BCUT2D eigenvalue weighted by molar-refractivity contribution is 5.75. The van der Waals surface area contributed by atoms with Gasteiger partial charge in [-0.05, 0) is 36.8 Å². The first kappa shape index (κ1) is 15.8. The van der Waals surface area contributed by atoms with Gasteiger partial charge in [-0.15, -0.1) is 0 Å². The summed E-state index contributed by atoms with van der Waals surface area (Å²) < 4.78 is 0. The quantitative estimate of drug-likeness (QED) is 0.846. The Bertz CT molecular complexity index is 472. The summed E-state index contributed by atoms with van der Waals surface area (Å²) in [5, 5.41) is 12.4. The van der Waals surface area contributed by atoms with Crippen molar-refractivity contribution in [3.63, 3.8) is 0 Å². The maximum Gasteiger partial charge on any atom is 0.318 e. The Labute approximate surface area is 127 Å². The number of benzene rings is 1. The lowest BCUT2D eigenvalue weighted by molar-refractivity contribution is 0.148. The van der Waals surface area contributed by atoms with Crippen LogP contribution in [0.5, 0.6) is 0 Å². The lowest BCUT2D eigenvalue weighted by atomic mass is 10.1. The topological polar surface area (TPSA) is 52.6 Å². The Morgan fingerprint density at radius 2 is 2.10 bits per heavy atom. The Kier molecular flexibility index (Phi) is 5.62. The SMILES string of the molecule is CCC(CC)NC(=O)N(CCO)C1CCc2ccccc21. The molecule has 1 aliphatic carbocycles. The minimum atomic E-state index is -0.0561. The van der Waals surface area contributed by atoms with Crippen molar-refractivity contribution < 1.29 is 9.90 Å². The average molecular weight is 290 g/mol. The van der Waals surface area contributed by atoms with Gasteiger partial charge in [0.05, 0.1) is 12.6 Å². The van der Waals surface area contributed by atoms with Gasteiger partial charge in [-0.25, -0.2) is 4.79 Å². The fourth-order valence-electron chi connectivity index (χ4n) is 3.12. The molecule has 2 N–H and O–H groups in total. The third kappa shape index (κ3) is 3.56. The van der Waals surface area contributed by atoms with Crippen LogP contribution in [0.1, 0.15) is 50.3 Å². The first-order valence-electron chi connectivity index (χ1n) is 7.97. The molecule has 1 aliphatic rings. The summed E-state index contributed by atoms with van der Waals surface area (Å²) in [7, 11) is 0.